The van der Waals surface area contributed by atoms with Crippen LogP contribution in [0, 0.1) is 71.0 Å². The molecule has 9 aromatic heterocycles. The highest BCUT2D eigenvalue weighted by atomic mass is 32.2. The van der Waals surface area contributed by atoms with Gasteiger partial charge in [0, 0.05) is 172 Å². The minimum Gasteiger partial charge on any atom is -0.386 e. The van der Waals surface area contributed by atoms with Crippen LogP contribution in [0.25, 0.3) is 10.9 Å². The van der Waals surface area contributed by atoms with Crippen molar-refractivity contribution in [3.05, 3.63) is 196 Å². The summed E-state index contributed by atoms with van der Waals surface area (Å²) in [5.41, 5.74) is 5.21. The van der Waals surface area contributed by atoms with E-state index >= 15 is 0 Å². The molecule has 730 valence electrons. The fourth-order valence-corrected chi connectivity index (χ4v) is 20.8. The Morgan fingerprint density at radius 1 is 0.489 bits per heavy atom. The molecule has 41 heteroatoms. The largest absolute Gasteiger partial charge is 0.406 e. The number of carbonyl (C=O) groups excluding carboxylic acids is 2. The molecule has 0 unspecified atom stereocenters. The predicted octanol–water partition coefficient (Wildman–Crippen LogP) is 19.9. The first-order valence-electron chi connectivity index (χ1n) is 46.0. The first-order valence-corrected chi connectivity index (χ1v) is 49.3. The second-order valence-electron chi connectivity index (χ2n) is 37.3. The Bertz CT molecular complexity index is 6630. The van der Waals surface area contributed by atoms with E-state index in [1.807, 2.05) is 135 Å². The number of ether oxygens (including phenoxy) is 1. The molecule has 4 saturated carbocycles. The molecule has 6 aliphatic heterocycles. The van der Waals surface area contributed by atoms with E-state index in [-0.39, 0.29) is 37.0 Å². The lowest BCUT2D eigenvalue weighted by Crippen LogP contribution is -2.63. The third kappa shape index (κ3) is 23.0. The van der Waals surface area contributed by atoms with E-state index < -0.39 is 35.6 Å². The number of pyridine rings is 1. The molecule has 0 spiro atoms. The van der Waals surface area contributed by atoms with E-state index in [0.29, 0.717) is 170 Å². The number of Topliss-reactive ketones (excluding diaryl/α,β-unsaturated/α-hetero) is 1. The molecule has 0 atom stereocenters. The number of morpholine rings is 1. The second-order valence-corrected chi connectivity index (χ2v) is 41.5. The van der Waals surface area contributed by atoms with Gasteiger partial charge in [0.05, 0.1) is 52.5 Å². The number of rotatable bonds is 29. The van der Waals surface area contributed by atoms with Gasteiger partial charge in [0.15, 0.2) is 49.7 Å². The number of β-amino-alcohol motifs (C(OH)–C–C–N with tert-alkyl or cyclic N) is 1. The molecular weight excluding hydrogens is 1840 g/mol. The number of aromatic amines is 4. The fraction of sp³-hybridized carbons (Fsp3) is 0.406. The predicted molar refractivity (Wildman–Crippen MR) is 533 cm³/mol. The Morgan fingerprint density at radius 2 is 0.920 bits per heavy atom. The van der Waals surface area contributed by atoms with Crippen molar-refractivity contribution in [2.75, 3.05) is 126 Å². The third-order valence-corrected chi connectivity index (χ3v) is 29.1. The Balaban J connectivity index is 0.000000182. The maximum absolute atomic E-state index is 15.0. The van der Waals surface area contributed by atoms with Crippen LogP contribution in [0.3, 0.4) is 0 Å². The molecule has 1 amide bonds. The van der Waals surface area contributed by atoms with Crippen LogP contribution < -0.4 is 40.9 Å². The molecule has 137 heavy (non-hydrogen) atoms. The Kier molecular flexibility index (Phi) is 26.1. The highest BCUT2D eigenvalue weighted by Gasteiger charge is 2.56. The van der Waals surface area contributed by atoms with Crippen molar-refractivity contribution in [2.24, 2.45) is 23.7 Å². The summed E-state index contributed by atoms with van der Waals surface area (Å²) in [7, 11) is 0. The summed E-state index contributed by atoms with van der Waals surface area (Å²) in [4.78, 5) is 81.5. The van der Waals surface area contributed by atoms with Crippen LogP contribution in [0.15, 0.2) is 180 Å². The molecule has 9 N–H and O–H groups in total. The molecule has 10 aliphatic rings. The van der Waals surface area contributed by atoms with Gasteiger partial charge in [-0.15, -0.1) is 0 Å². The number of hydrogen-bond acceptors (Lipinski definition) is 30. The summed E-state index contributed by atoms with van der Waals surface area (Å²) < 4.78 is 88.7. The van der Waals surface area contributed by atoms with Crippen LogP contribution in [-0.4, -0.2) is 227 Å². The third-order valence-electron chi connectivity index (χ3n) is 25.6. The highest BCUT2D eigenvalue weighted by molar-refractivity contribution is 8.00. The van der Waals surface area contributed by atoms with Gasteiger partial charge in [-0.05, 0) is 235 Å². The number of alkyl halides is 5. The number of hydrogen-bond donors (Lipinski definition) is 9. The number of fused-ring (bicyclic) bond motifs is 2. The Labute approximate surface area is 816 Å². The van der Waals surface area contributed by atoms with Gasteiger partial charge in [-0.1, -0.05) is 35.9 Å². The average Bonchev–Trinajstić information content (AvgIpc) is 1.55. The second kappa shape index (κ2) is 38.7. The topological polar surface area (TPSA) is 362 Å². The molecule has 0 radical (unpaired) electrons. The van der Waals surface area contributed by atoms with Crippen molar-refractivity contribution in [1.82, 2.24) is 95.4 Å². The van der Waals surface area contributed by atoms with Gasteiger partial charge in [-0.3, -0.25) is 39.9 Å². The number of nitrogens with one attached hydrogen (secondary N) is 8. The summed E-state index contributed by atoms with van der Waals surface area (Å²) in [6.45, 7) is 18.0. The van der Waals surface area contributed by atoms with Gasteiger partial charge >= 0.3 is 6.18 Å². The van der Waals surface area contributed by atoms with Gasteiger partial charge < -0.3 is 55.6 Å². The number of benzene rings is 4. The van der Waals surface area contributed by atoms with E-state index in [0.717, 1.165) is 154 Å². The quantitative estimate of drug-likeness (QED) is 0.0155. The molecular formula is C96H121F6N27O4S4. The number of H-pyrrole nitrogens is 4. The Morgan fingerprint density at radius 3 is 1.36 bits per heavy atom. The van der Waals surface area contributed by atoms with Gasteiger partial charge in [-0.2, -0.15) is 33.6 Å². The van der Waals surface area contributed by atoms with Gasteiger partial charge in [0.1, 0.15) is 81.3 Å². The van der Waals surface area contributed by atoms with Gasteiger partial charge in [0.25, 0.3) is 5.91 Å². The van der Waals surface area contributed by atoms with Gasteiger partial charge in [0.2, 0.25) is 0 Å². The number of amides is 1. The van der Waals surface area contributed by atoms with Crippen LogP contribution in [0.1, 0.15) is 126 Å². The number of nitrogens with zero attached hydrogens (tertiary/aromatic N) is 19. The van der Waals surface area contributed by atoms with Crippen LogP contribution in [0.2, 0.25) is 0 Å². The van der Waals surface area contributed by atoms with E-state index in [9.17, 15) is 41.0 Å². The van der Waals surface area contributed by atoms with Crippen LogP contribution >= 0.6 is 47.0 Å². The highest BCUT2D eigenvalue weighted by Crippen LogP contribution is 2.51. The number of aromatic nitrogens is 17. The first-order chi connectivity index (χ1) is 65.9. The van der Waals surface area contributed by atoms with Crippen LogP contribution in [0.4, 0.5) is 96.2 Å². The zero-order valence-corrected chi connectivity index (χ0v) is 79.5. The zero-order chi connectivity index (χ0) is 94.6. The Hall–Kier alpha value is -12.2. The van der Waals surface area contributed by atoms with Crippen molar-refractivity contribution in [3.8, 4) is 0 Å². The fourth-order valence-electron chi connectivity index (χ4n) is 17.6. The molecule has 5 saturated heterocycles. The number of carbonyl (C=O) groups is 2. The summed E-state index contributed by atoms with van der Waals surface area (Å²) >= 11 is 5.54. The van der Waals surface area contributed by atoms with Crippen molar-refractivity contribution in [3.63, 3.8) is 0 Å². The maximum atomic E-state index is 15.0. The van der Waals surface area contributed by atoms with Crippen molar-refractivity contribution in [1.29, 1.82) is 0 Å². The van der Waals surface area contributed by atoms with Crippen molar-refractivity contribution in [2.45, 2.75) is 182 Å². The van der Waals surface area contributed by atoms with Crippen molar-refractivity contribution >= 4 is 139 Å². The summed E-state index contributed by atoms with van der Waals surface area (Å²) in [6.07, 6.45) is 5.31. The summed E-state index contributed by atoms with van der Waals surface area (Å²) in [6, 6.07) is 43.9. The summed E-state index contributed by atoms with van der Waals surface area (Å²) in [5.74, 6) is 8.82. The summed E-state index contributed by atoms with van der Waals surface area (Å²) in [5, 5.41) is 55.2. The zero-order valence-electron chi connectivity index (χ0n) is 76.2. The number of halogens is 6. The molecule has 4 aliphatic carbocycles. The normalized spacial score (nSPS) is 18.1. The van der Waals surface area contributed by atoms with E-state index in [1.165, 1.54) is 71.5 Å². The van der Waals surface area contributed by atoms with Gasteiger partial charge in [-0.25, -0.2) is 53.0 Å². The monoisotopic (exact) mass is 1960 g/mol. The average molecular weight is 1960 g/mol. The van der Waals surface area contributed by atoms with E-state index in [2.05, 4.69) is 133 Å². The lowest BCUT2D eigenvalue weighted by Gasteiger charge is -2.47. The lowest BCUT2D eigenvalue weighted by molar-refractivity contribution is -0.141. The van der Waals surface area contributed by atoms with E-state index in [4.69, 9.17) is 24.7 Å². The smallest absolute Gasteiger partial charge is 0.386 e. The first kappa shape index (κ1) is 92.5. The lowest BCUT2D eigenvalue weighted by atomic mass is 9.89. The van der Waals surface area contributed by atoms with Crippen LogP contribution in [0.5, 0.6) is 0 Å². The SMILES string of the molecule is Cc1cc(Nc2cc(N3CC(F)(C4CC4)C3)nc(Sc3ccc(CC(=O)CC4CC4)cc3)n2)n[nH]1.Cc1cc(Nc2cc(N3CC(N4CCOCC4)C3)nc(Sc3ccc4c(c3)CN(CC(F)(F)F)C4=O)n2)n[nH]1.Cc1ccc(Sc2nc(Nc3cc(C)[nH]n3)cc(N3CC(F)(C4CC4)C3)n2)cc1.Cc1ccc2cc(Sc3nc(Nc4cc(C)[nH]n4)cc(N4CC(O)(C5CC5)C4)n3)cc(F)c2n1.[HH].[HH].[HH].[HH].[HH].[HH].[HH].[HH].[HH]. The standard InChI is InChI=1S/C26H29FN6OS.C25H27F3N8O2S.C24H24FN7OS.C21H23FN6S.9H2/c1-16-10-23(32-31-16)28-22-13-24(33-14-26(27,15-33)19-6-7-19)30-25(29-22)35-21-8-4-18(5-9-21)12-20(34)11-17-2-3-17;1-15-8-21(33-32-15)29-20-10-22(35-12-17(13-35)34-4-6-38-7-5-34)31-24(30-20)39-18-2-3-19-16(9-18)11-36(23(19)37)14-25(26,27)28;1-13-3-4-15-8-17(9-18(25)22(15)26-13)34-23-28-19(27-20-7-14(2)30-31-20)10-21(29-23)32-11-24(33,12-32)16-5-6-16;1-13-3-7-16(8-4-13)29-20-24-17(23-18-9-14(2)26-27-18)10-19(25-20)28-11-21(22,12-28)15-5-6-15;;;;;;;;;/h4-5,8-10,13,17,19H,2-3,6-7,11-12,14-15H2,1H3,(H2,28,29,30,31,32);2-3,8-10,17H,4-7,11-14H2,1H3,(H2,29,30,31,32,33);3-4,7-10,16,33H,5-6,11-12H2,1-2H3,(H2,27,28,29,30,31);3-4,7-10,15H,5-6,11-12H2,1-2H3,(H2,23,24,25,26,27);9*1H. The molecule has 4 aromatic carbocycles. The van der Waals surface area contributed by atoms with Crippen molar-refractivity contribution < 1.29 is 58.6 Å². The number of anilines is 12. The van der Waals surface area contributed by atoms with Crippen LogP contribution in [-0.2, 0) is 22.5 Å². The molecule has 31 nitrogen and oxygen atoms in total. The number of ketones is 1. The molecule has 9 fully saturated rings. The number of aliphatic hydroxyl groups is 1. The maximum Gasteiger partial charge on any atom is 0.406 e. The number of aryl methyl sites for hydroxylation is 6. The molecule has 15 heterocycles. The molecule has 13 aromatic rings. The minimum absolute atomic E-state index is 0. The molecule has 23 rings (SSSR count). The minimum atomic E-state index is -4.45. The molecule has 0 bridgehead atoms. The van der Waals surface area contributed by atoms with E-state index in [1.54, 1.807) is 18.2 Å².